The first-order chi connectivity index (χ1) is 8.56. The van der Waals surface area contributed by atoms with Gasteiger partial charge in [-0.1, -0.05) is 12.1 Å². The summed E-state index contributed by atoms with van der Waals surface area (Å²) < 4.78 is 0. The number of hydrogen-bond acceptors (Lipinski definition) is 3. The average Bonchev–Trinajstić information content (AvgIpc) is 2.68. The summed E-state index contributed by atoms with van der Waals surface area (Å²) >= 11 is 0. The van der Waals surface area contributed by atoms with E-state index in [0.29, 0.717) is 5.57 Å². The lowest BCUT2D eigenvalue weighted by Gasteiger charge is -2.02. The highest BCUT2D eigenvalue weighted by molar-refractivity contribution is 6.00. The summed E-state index contributed by atoms with van der Waals surface area (Å²) in [7, 11) is 0. The van der Waals surface area contributed by atoms with Gasteiger partial charge in [0.2, 0.25) is 5.91 Å². The number of aryl methyl sites for hydroxylation is 1. The fraction of sp³-hybridized carbons (Fsp3) is 0.231. The normalized spacial score (nSPS) is 20.8. The van der Waals surface area contributed by atoms with Gasteiger partial charge < -0.3 is 15.7 Å². The van der Waals surface area contributed by atoms with E-state index in [1.54, 1.807) is 6.20 Å². The largest absolute Gasteiger partial charge is 0.480 e. The number of carbonyl (C=O) groups is 2. The first-order valence-electron chi connectivity index (χ1n) is 5.62. The van der Waals surface area contributed by atoms with Gasteiger partial charge in [0.25, 0.3) is 0 Å². The van der Waals surface area contributed by atoms with Crippen LogP contribution in [0.3, 0.4) is 0 Å². The summed E-state index contributed by atoms with van der Waals surface area (Å²) in [6.45, 7) is 1.97. The summed E-state index contributed by atoms with van der Waals surface area (Å²) in [4.78, 5) is 22.2. The number of aliphatic carboxylic acids is 1. The van der Waals surface area contributed by atoms with Crippen molar-refractivity contribution in [3.8, 4) is 0 Å². The first-order valence-corrected chi connectivity index (χ1v) is 5.62. The van der Waals surface area contributed by atoms with Gasteiger partial charge >= 0.3 is 5.97 Å². The fourth-order valence-electron chi connectivity index (χ4n) is 1.79. The average molecular weight is 246 g/mol. The molecule has 1 atom stereocenters. The van der Waals surface area contributed by atoms with E-state index >= 15 is 0 Å². The van der Waals surface area contributed by atoms with E-state index < -0.39 is 12.0 Å². The van der Waals surface area contributed by atoms with Gasteiger partial charge in [-0.25, -0.2) is 4.79 Å². The molecule has 94 valence electrons. The van der Waals surface area contributed by atoms with Crippen LogP contribution in [0.4, 0.5) is 5.69 Å². The number of carboxylic acids is 1. The summed E-state index contributed by atoms with van der Waals surface area (Å²) in [6.07, 6.45) is 1.76. The Kier molecular flexibility index (Phi) is 3.32. The van der Waals surface area contributed by atoms with Crippen LogP contribution in [0.5, 0.6) is 0 Å². The predicted molar refractivity (Wildman–Crippen MR) is 67.1 cm³/mol. The lowest BCUT2D eigenvalue weighted by Crippen LogP contribution is -2.32. The number of rotatable bonds is 3. The summed E-state index contributed by atoms with van der Waals surface area (Å²) in [6, 6.07) is 6.89. The Morgan fingerprint density at radius 2 is 2.33 bits per heavy atom. The van der Waals surface area contributed by atoms with Gasteiger partial charge in [-0.05, 0) is 24.6 Å². The molecule has 18 heavy (non-hydrogen) atoms. The number of nitrogens with one attached hydrogen (secondary N) is 2. The Balaban J connectivity index is 2.06. The van der Waals surface area contributed by atoms with Crippen molar-refractivity contribution in [2.75, 3.05) is 5.32 Å². The van der Waals surface area contributed by atoms with Crippen LogP contribution in [0, 0.1) is 6.92 Å². The maximum absolute atomic E-state index is 11.5. The standard InChI is InChI=1S/C13H14N2O3/c1-8-3-2-4-10(5-8)14-7-9-6-11(13(17)18)15-12(9)16/h2-5,7,11,14H,6H2,1H3,(H,15,16)(H,17,18)/b9-7+/t11-/m0/s1. The zero-order valence-electron chi connectivity index (χ0n) is 9.93. The Morgan fingerprint density at radius 3 is 2.94 bits per heavy atom. The number of carbonyl (C=O) groups excluding carboxylic acids is 1. The van der Waals surface area contributed by atoms with E-state index in [1.807, 2.05) is 31.2 Å². The van der Waals surface area contributed by atoms with Gasteiger partial charge in [0.1, 0.15) is 6.04 Å². The summed E-state index contributed by atoms with van der Waals surface area (Å²) in [5.41, 5.74) is 2.43. The van der Waals surface area contributed by atoms with Crippen molar-refractivity contribution in [1.82, 2.24) is 5.32 Å². The fourth-order valence-corrected chi connectivity index (χ4v) is 1.79. The highest BCUT2D eigenvalue weighted by Crippen LogP contribution is 2.16. The smallest absolute Gasteiger partial charge is 0.326 e. The molecule has 0 spiro atoms. The Bertz CT molecular complexity index is 523. The molecule has 1 saturated heterocycles. The Labute approximate surface area is 105 Å². The van der Waals surface area contributed by atoms with Crippen molar-refractivity contribution in [1.29, 1.82) is 0 Å². The molecule has 0 aromatic heterocycles. The van der Waals surface area contributed by atoms with E-state index in [-0.39, 0.29) is 12.3 Å². The molecule has 5 nitrogen and oxygen atoms in total. The van der Waals surface area contributed by atoms with Crippen LogP contribution in [0.15, 0.2) is 36.0 Å². The molecule has 1 aliphatic rings. The third kappa shape index (κ3) is 2.68. The first kappa shape index (κ1) is 12.2. The van der Waals surface area contributed by atoms with Crippen LogP contribution in [0.2, 0.25) is 0 Å². The minimum atomic E-state index is -1.01. The van der Waals surface area contributed by atoms with Crippen LogP contribution in [-0.2, 0) is 9.59 Å². The van der Waals surface area contributed by atoms with Crippen molar-refractivity contribution >= 4 is 17.6 Å². The molecule has 0 bridgehead atoms. The second kappa shape index (κ2) is 4.91. The van der Waals surface area contributed by atoms with Crippen LogP contribution >= 0.6 is 0 Å². The maximum atomic E-state index is 11.5. The second-order valence-electron chi connectivity index (χ2n) is 4.25. The van der Waals surface area contributed by atoms with Gasteiger partial charge in [0.15, 0.2) is 0 Å². The number of hydrogen-bond donors (Lipinski definition) is 3. The van der Waals surface area contributed by atoms with Crippen LogP contribution in [0.1, 0.15) is 12.0 Å². The molecule has 0 saturated carbocycles. The highest BCUT2D eigenvalue weighted by Gasteiger charge is 2.31. The van der Waals surface area contributed by atoms with E-state index in [4.69, 9.17) is 5.11 Å². The van der Waals surface area contributed by atoms with E-state index in [9.17, 15) is 9.59 Å². The van der Waals surface area contributed by atoms with Crippen LogP contribution in [-0.4, -0.2) is 23.0 Å². The predicted octanol–water partition coefficient (Wildman–Crippen LogP) is 1.26. The summed E-state index contributed by atoms with van der Waals surface area (Å²) in [5.74, 6) is -1.34. The zero-order valence-corrected chi connectivity index (χ0v) is 9.93. The third-order valence-electron chi connectivity index (χ3n) is 2.75. The molecule has 0 unspecified atom stereocenters. The zero-order chi connectivity index (χ0) is 13.1. The number of anilines is 1. The van der Waals surface area contributed by atoms with E-state index in [1.165, 1.54) is 0 Å². The summed E-state index contributed by atoms with van der Waals surface area (Å²) in [5, 5.41) is 14.2. The highest BCUT2D eigenvalue weighted by atomic mass is 16.4. The molecular weight excluding hydrogens is 232 g/mol. The van der Waals surface area contributed by atoms with Crippen molar-refractivity contribution in [2.24, 2.45) is 0 Å². The number of benzene rings is 1. The molecule has 2 rings (SSSR count). The van der Waals surface area contributed by atoms with E-state index in [0.717, 1.165) is 11.3 Å². The quantitative estimate of drug-likeness (QED) is 0.702. The molecule has 0 radical (unpaired) electrons. The maximum Gasteiger partial charge on any atom is 0.326 e. The number of carboxylic acid groups (broad SMARTS) is 1. The number of amides is 1. The van der Waals surface area contributed by atoms with E-state index in [2.05, 4.69) is 10.6 Å². The second-order valence-corrected chi connectivity index (χ2v) is 4.25. The van der Waals surface area contributed by atoms with Crippen molar-refractivity contribution < 1.29 is 14.7 Å². The Morgan fingerprint density at radius 1 is 1.56 bits per heavy atom. The third-order valence-corrected chi connectivity index (χ3v) is 2.75. The molecule has 3 N–H and O–H groups in total. The molecule has 1 aromatic rings. The van der Waals surface area contributed by atoms with Crippen LogP contribution < -0.4 is 10.6 Å². The Hall–Kier alpha value is -2.30. The lowest BCUT2D eigenvalue weighted by molar-refractivity contribution is -0.140. The van der Waals surface area contributed by atoms with Crippen LogP contribution in [0.25, 0.3) is 0 Å². The van der Waals surface area contributed by atoms with Crippen molar-refractivity contribution in [3.63, 3.8) is 0 Å². The molecule has 1 heterocycles. The molecule has 1 fully saturated rings. The molecular formula is C13H14N2O3. The van der Waals surface area contributed by atoms with Crippen molar-refractivity contribution in [3.05, 3.63) is 41.6 Å². The molecule has 1 amide bonds. The van der Waals surface area contributed by atoms with Gasteiger partial charge in [-0.15, -0.1) is 0 Å². The molecule has 5 heteroatoms. The minimum Gasteiger partial charge on any atom is -0.480 e. The van der Waals surface area contributed by atoms with Gasteiger partial charge in [-0.2, -0.15) is 0 Å². The molecule has 1 aliphatic heterocycles. The lowest BCUT2D eigenvalue weighted by atomic mass is 10.1. The van der Waals surface area contributed by atoms with Gasteiger partial charge in [0.05, 0.1) is 0 Å². The van der Waals surface area contributed by atoms with Gasteiger partial charge in [0, 0.05) is 23.9 Å². The topological polar surface area (TPSA) is 78.4 Å². The van der Waals surface area contributed by atoms with Crippen molar-refractivity contribution in [2.45, 2.75) is 19.4 Å². The SMILES string of the molecule is Cc1cccc(N/C=C2\C[C@@H](C(=O)O)NC2=O)c1. The molecule has 1 aromatic carbocycles. The monoisotopic (exact) mass is 246 g/mol. The van der Waals surface area contributed by atoms with Gasteiger partial charge in [-0.3, -0.25) is 4.79 Å². The minimum absolute atomic E-state index is 0.201. The molecule has 0 aliphatic carbocycles.